The molecule has 1 aromatic heterocycles. The zero-order valence-electron chi connectivity index (χ0n) is 9.22. The minimum absolute atomic E-state index is 0.0573. The molecule has 1 saturated heterocycles. The molecule has 1 unspecified atom stereocenters. The van der Waals surface area contributed by atoms with Crippen LogP contribution < -0.4 is 0 Å². The lowest BCUT2D eigenvalue weighted by molar-refractivity contribution is -0.135. The van der Waals surface area contributed by atoms with Crippen molar-refractivity contribution >= 4 is 5.91 Å². The lowest BCUT2D eigenvalue weighted by Gasteiger charge is -2.29. The summed E-state index contributed by atoms with van der Waals surface area (Å²) < 4.78 is 1.97. The number of hydrogen-bond donors (Lipinski definition) is 0. The molecule has 2 rings (SSSR count). The third-order valence-electron chi connectivity index (χ3n) is 3.10. The van der Waals surface area contributed by atoms with E-state index in [1.807, 2.05) is 40.9 Å². The average molecular weight is 206 g/mol. The first kappa shape index (κ1) is 10.3. The van der Waals surface area contributed by atoms with Crippen molar-refractivity contribution in [2.24, 2.45) is 0 Å². The fraction of sp³-hybridized carbons (Fsp3) is 0.583. The highest BCUT2D eigenvalue weighted by Gasteiger charge is 2.22. The number of nitrogens with zero attached hydrogens (tertiary/aromatic N) is 2. The maximum atomic E-state index is 12.1. The summed E-state index contributed by atoms with van der Waals surface area (Å²) >= 11 is 0. The molecule has 3 nitrogen and oxygen atoms in total. The number of rotatable bonds is 2. The Balaban J connectivity index is 2.00. The van der Waals surface area contributed by atoms with Crippen molar-refractivity contribution in [1.29, 1.82) is 0 Å². The molecule has 0 N–H and O–H groups in total. The summed E-state index contributed by atoms with van der Waals surface area (Å²) in [5.41, 5.74) is 0. The Hall–Kier alpha value is -1.25. The van der Waals surface area contributed by atoms with Crippen LogP contribution in [0.25, 0.3) is 0 Å². The van der Waals surface area contributed by atoms with E-state index in [1.165, 1.54) is 6.42 Å². The standard InChI is InChI=1S/C12H18N2O/c1-11(13-7-5-6-8-13)12(15)14-9-3-2-4-10-14/h5-8,11H,2-4,9-10H2,1H3. The molecular weight excluding hydrogens is 188 g/mol. The van der Waals surface area contributed by atoms with E-state index in [0.29, 0.717) is 0 Å². The Bertz CT molecular complexity index is 312. The molecule has 0 spiro atoms. The highest BCUT2D eigenvalue weighted by molar-refractivity contribution is 5.80. The van der Waals surface area contributed by atoms with E-state index in [-0.39, 0.29) is 11.9 Å². The predicted molar refractivity (Wildman–Crippen MR) is 59.6 cm³/mol. The Kier molecular flexibility index (Phi) is 3.09. The molecule has 82 valence electrons. The molecule has 1 atom stereocenters. The Morgan fingerprint density at radius 3 is 2.33 bits per heavy atom. The van der Waals surface area contributed by atoms with Crippen LogP contribution in [0.3, 0.4) is 0 Å². The molecule has 1 amide bonds. The molecule has 3 heteroatoms. The van der Waals surface area contributed by atoms with Crippen molar-refractivity contribution in [1.82, 2.24) is 9.47 Å². The van der Waals surface area contributed by atoms with Crippen molar-refractivity contribution in [3.8, 4) is 0 Å². The maximum Gasteiger partial charge on any atom is 0.245 e. The first-order chi connectivity index (χ1) is 7.29. The van der Waals surface area contributed by atoms with Gasteiger partial charge in [-0.1, -0.05) is 0 Å². The first-order valence-electron chi connectivity index (χ1n) is 5.70. The van der Waals surface area contributed by atoms with E-state index in [2.05, 4.69) is 0 Å². The third kappa shape index (κ3) is 2.22. The molecule has 0 aromatic carbocycles. The molecule has 0 aliphatic carbocycles. The van der Waals surface area contributed by atoms with Gasteiger partial charge in [0, 0.05) is 25.5 Å². The minimum Gasteiger partial charge on any atom is -0.342 e. The Morgan fingerprint density at radius 2 is 1.73 bits per heavy atom. The fourth-order valence-electron chi connectivity index (χ4n) is 2.11. The number of carbonyl (C=O) groups is 1. The van der Waals surface area contributed by atoms with Crippen LogP contribution >= 0.6 is 0 Å². The molecule has 0 radical (unpaired) electrons. The van der Waals surface area contributed by atoms with Crippen molar-refractivity contribution in [2.45, 2.75) is 32.2 Å². The Morgan fingerprint density at radius 1 is 1.13 bits per heavy atom. The molecule has 1 aliphatic heterocycles. The number of carbonyl (C=O) groups excluding carboxylic acids is 1. The quantitative estimate of drug-likeness (QED) is 0.727. The van der Waals surface area contributed by atoms with Crippen molar-refractivity contribution in [3.05, 3.63) is 24.5 Å². The van der Waals surface area contributed by atoms with Gasteiger partial charge >= 0.3 is 0 Å². The lowest BCUT2D eigenvalue weighted by atomic mass is 10.1. The van der Waals surface area contributed by atoms with Gasteiger partial charge in [-0.05, 0) is 38.3 Å². The van der Waals surface area contributed by atoms with Gasteiger partial charge in [0.2, 0.25) is 5.91 Å². The average Bonchev–Trinajstić information content (AvgIpc) is 2.82. The van der Waals surface area contributed by atoms with Crippen LogP contribution in [-0.2, 0) is 4.79 Å². The molecule has 1 aliphatic rings. The van der Waals surface area contributed by atoms with Gasteiger partial charge in [0.05, 0.1) is 0 Å². The van der Waals surface area contributed by atoms with Gasteiger partial charge in [-0.2, -0.15) is 0 Å². The monoisotopic (exact) mass is 206 g/mol. The number of amides is 1. The van der Waals surface area contributed by atoms with E-state index in [0.717, 1.165) is 25.9 Å². The van der Waals surface area contributed by atoms with Crippen LogP contribution in [0.1, 0.15) is 32.2 Å². The summed E-state index contributed by atoms with van der Waals surface area (Å²) in [6.07, 6.45) is 7.48. The molecule has 1 fully saturated rings. The summed E-state index contributed by atoms with van der Waals surface area (Å²) in [7, 11) is 0. The summed E-state index contributed by atoms with van der Waals surface area (Å²) in [4.78, 5) is 14.1. The summed E-state index contributed by atoms with van der Waals surface area (Å²) in [6, 6.07) is 3.86. The van der Waals surface area contributed by atoms with Crippen molar-refractivity contribution < 1.29 is 4.79 Å². The van der Waals surface area contributed by atoms with E-state index in [1.54, 1.807) is 0 Å². The van der Waals surface area contributed by atoms with Gasteiger partial charge in [-0.25, -0.2) is 0 Å². The largest absolute Gasteiger partial charge is 0.342 e. The molecule has 1 aromatic rings. The maximum absolute atomic E-state index is 12.1. The van der Waals surface area contributed by atoms with Crippen molar-refractivity contribution in [3.63, 3.8) is 0 Å². The van der Waals surface area contributed by atoms with Gasteiger partial charge in [0.15, 0.2) is 0 Å². The van der Waals surface area contributed by atoms with Crippen LogP contribution in [0.2, 0.25) is 0 Å². The third-order valence-corrected chi connectivity index (χ3v) is 3.10. The van der Waals surface area contributed by atoms with E-state index in [4.69, 9.17) is 0 Å². The second-order valence-electron chi connectivity index (χ2n) is 4.19. The lowest BCUT2D eigenvalue weighted by Crippen LogP contribution is -2.39. The van der Waals surface area contributed by atoms with Gasteiger partial charge < -0.3 is 9.47 Å². The highest BCUT2D eigenvalue weighted by Crippen LogP contribution is 2.15. The molecule has 0 bridgehead atoms. The molecule has 0 saturated carbocycles. The van der Waals surface area contributed by atoms with Gasteiger partial charge in [-0.15, -0.1) is 0 Å². The number of piperidine rings is 1. The SMILES string of the molecule is CC(C(=O)N1CCCCC1)n1cccc1. The van der Waals surface area contributed by atoms with Crippen molar-refractivity contribution in [2.75, 3.05) is 13.1 Å². The van der Waals surface area contributed by atoms with Crippen LogP contribution in [0.4, 0.5) is 0 Å². The molecule has 2 heterocycles. The number of hydrogen-bond acceptors (Lipinski definition) is 1. The normalized spacial score (nSPS) is 18.9. The van der Waals surface area contributed by atoms with E-state index >= 15 is 0 Å². The summed E-state index contributed by atoms with van der Waals surface area (Å²) in [5.74, 6) is 0.255. The van der Waals surface area contributed by atoms with Crippen LogP contribution in [0.5, 0.6) is 0 Å². The summed E-state index contributed by atoms with van der Waals surface area (Å²) in [6.45, 7) is 3.84. The fourth-order valence-corrected chi connectivity index (χ4v) is 2.11. The zero-order valence-corrected chi connectivity index (χ0v) is 9.22. The smallest absolute Gasteiger partial charge is 0.245 e. The number of aromatic nitrogens is 1. The van der Waals surface area contributed by atoms with Gasteiger partial charge in [0.25, 0.3) is 0 Å². The second-order valence-corrected chi connectivity index (χ2v) is 4.19. The topological polar surface area (TPSA) is 25.2 Å². The van der Waals surface area contributed by atoms with Crippen LogP contribution in [-0.4, -0.2) is 28.5 Å². The number of likely N-dealkylation sites (tertiary alicyclic amines) is 1. The van der Waals surface area contributed by atoms with E-state index < -0.39 is 0 Å². The zero-order chi connectivity index (χ0) is 10.7. The first-order valence-corrected chi connectivity index (χ1v) is 5.70. The molecular formula is C12H18N2O. The van der Waals surface area contributed by atoms with Gasteiger partial charge in [-0.3, -0.25) is 4.79 Å². The van der Waals surface area contributed by atoms with E-state index in [9.17, 15) is 4.79 Å². The summed E-state index contributed by atoms with van der Waals surface area (Å²) in [5, 5.41) is 0. The van der Waals surface area contributed by atoms with Gasteiger partial charge in [0.1, 0.15) is 6.04 Å². The predicted octanol–water partition coefficient (Wildman–Crippen LogP) is 2.06. The minimum atomic E-state index is -0.0573. The molecule has 15 heavy (non-hydrogen) atoms. The van der Waals surface area contributed by atoms with Crippen LogP contribution in [0.15, 0.2) is 24.5 Å². The van der Waals surface area contributed by atoms with Crippen LogP contribution in [0, 0.1) is 0 Å². The highest BCUT2D eigenvalue weighted by atomic mass is 16.2. The Labute approximate surface area is 90.7 Å². The second kappa shape index (κ2) is 4.51.